The number of nitrogens with two attached hydrogens (primary N) is 1. The molecule has 1 aromatic heterocycles. The fourth-order valence-corrected chi connectivity index (χ4v) is 3.17. The molecule has 0 radical (unpaired) electrons. The van der Waals surface area contributed by atoms with Crippen LogP contribution in [0.5, 0.6) is 0 Å². The van der Waals surface area contributed by atoms with Crippen LogP contribution in [0.25, 0.3) is 10.9 Å². The lowest BCUT2D eigenvalue weighted by atomic mass is 9.83. The molecule has 2 atom stereocenters. The number of ether oxygens (including phenoxy) is 3. The Labute approximate surface area is 147 Å². The maximum atomic E-state index is 6.53. The largest absolute Gasteiger partial charge is 0.499 e. The lowest BCUT2D eigenvalue weighted by molar-refractivity contribution is -0.00567. The summed E-state index contributed by atoms with van der Waals surface area (Å²) in [6.45, 7) is 2.02. The third-order valence-electron chi connectivity index (χ3n) is 4.55. The van der Waals surface area contributed by atoms with Gasteiger partial charge in [0.25, 0.3) is 0 Å². The molecule has 2 aromatic rings. The van der Waals surface area contributed by atoms with Gasteiger partial charge in [-0.2, -0.15) is 0 Å². The zero-order valence-corrected chi connectivity index (χ0v) is 14.9. The molecule has 132 valence electrons. The second-order valence-electron chi connectivity index (χ2n) is 5.84. The molecule has 1 aliphatic rings. The fraction of sp³-hybridized carbons (Fsp3) is 0.368. The highest BCUT2D eigenvalue weighted by atomic mass is 16.5. The number of methoxy groups -OCH3 is 3. The number of allylic oxidation sites excluding steroid dienone is 1. The maximum absolute atomic E-state index is 6.53. The minimum atomic E-state index is -1.02. The molecule has 0 saturated carbocycles. The normalized spacial score (nSPS) is 23.2. The van der Waals surface area contributed by atoms with Gasteiger partial charge in [-0.1, -0.05) is 25.1 Å². The van der Waals surface area contributed by atoms with Gasteiger partial charge in [0.1, 0.15) is 23.4 Å². The van der Waals surface area contributed by atoms with Gasteiger partial charge in [0.05, 0.1) is 25.4 Å². The van der Waals surface area contributed by atoms with Crippen LogP contribution in [0.2, 0.25) is 0 Å². The summed E-state index contributed by atoms with van der Waals surface area (Å²) in [4.78, 5) is 9.39. The molecular formula is C19H23N3O3. The number of nitrogens with zero attached hydrogens (tertiary/aromatic N) is 2. The van der Waals surface area contributed by atoms with Crippen LogP contribution in [0.3, 0.4) is 0 Å². The van der Waals surface area contributed by atoms with Crippen LogP contribution in [-0.2, 0) is 26.2 Å². The average molecular weight is 341 g/mol. The molecule has 0 bridgehead atoms. The van der Waals surface area contributed by atoms with E-state index >= 15 is 0 Å². The van der Waals surface area contributed by atoms with Gasteiger partial charge in [-0.15, -0.1) is 0 Å². The molecule has 25 heavy (non-hydrogen) atoms. The second-order valence-corrected chi connectivity index (χ2v) is 5.84. The molecule has 1 aliphatic carbocycles. The quantitative estimate of drug-likeness (QED) is 0.900. The van der Waals surface area contributed by atoms with Crippen LogP contribution in [0.4, 0.5) is 0 Å². The Balaban J connectivity index is 2.33. The summed E-state index contributed by atoms with van der Waals surface area (Å²) in [6, 6.07) is 7.28. The van der Waals surface area contributed by atoms with E-state index in [-0.39, 0.29) is 0 Å². The van der Waals surface area contributed by atoms with Crippen LogP contribution in [0.15, 0.2) is 47.9 Å². The first kappa shape index (κ1) is 17.4. The van der Waals surface area contributed by atoms with Crippen molar-refractivity contribution in [3.63, 3.8) is 0 Å². The van der Waals surface area contributed by atoms with E-state index in [1.54, 1.807) is 27.4 Å². The van der Waals surface area contributed by atoms with E-state index in [0.29, 0.717) is 23.6 Å². The van der Waals surface area contributed by atoms with Crippen LogP contribution >= 0.6 is 0 Å². The second kappa shape index (κ2) is 6.82. The van der Waals surface area contributed by atoms with Gasteiger partial charge in [-0.3, -0.25) is 0 Å². The number of rotatable bonds is 5. The number of benzene rings is 1. The number of para-hydroxylation sites is 1. The Hall–Kier alpha value is -2.44. The van der Waals surface area contributed by atoms with Crippen molar-refractivity contribution in [1.82, 2.24) is 9.97 Å². The number of hydrogen-bond acceptors (Lipinski definition) is 6. The van der Waals surface area contributed by atoms with Gasteiger partial charge in [0.2, 0.25) is 0 Å². The molecule has 0 fully saturated rings. The molecule has 2 N–H and O–H groups in total. The van der Waals surface area contributed by atoms with Crippen molar-refractivity contribution in [2.75, 3.05) is 21.3 Å². The SMILES string of the molecule is CCc1nc(C2(OC)C=C(OC)C=C(OC)C2N)c2ccccc2n1. The summed E-state index contributed by atoms with van der Waals surface area (Å²) in [5.74, 6) is 1.92. The van der Waals surface area contributed by atoms with E-state index < -0.39 is 11.6 Å². The van der Waals surface area contributed by atoms with Crippen LogP contribution in [-0.4, -0.2) is 37.3 Å². The van der Waals surface area contributed by atoms with Gasteiger partial charge in [0, 0.05) is 25.0 Å². The maximum Gasteiger partial charge on any atom is 0.154 e. The average Bonchev–Trinajstić information content (AvgIpc) is 2.67. The van der Waals surface area contributed by atoms with Crippen LogP contribution in [0, 0.1) is 0 Å². The smallest absolute Gasteiger partial charge is 0.154 e. The topological polar surface area (TPSA) is 79.5 Å². The van der Waals surface area contributed by atoms with Crippen molar-refractivity contribution in [3.05, 3.63) is 59.5 Å². The van der Waals surface area contributed by atoms with Crippen molar-refractivity contribution >= 4 is 10.9 Å². The van der Waals surface area contributed by atoms with Gasteiger partial charge in [-0.25, -0.2) is 9.97 Å². The van der Waals surface area contributed by atoms with E-state index in [2.05, 4.69) is 4.98 Å². The van der Waals surface area contributed by atoms with E-state index in [4.69, 9.17) is 24.9 Å². The lowest BCUT2D eigenvalue weighted by Gasteiger charge is -2.38. The summed E-state index contributed by atoms with van der Waals surface area (Å²) in [7, 11) is 4.80. The molecule has 0 aliphatic heterocycles. The standard InChI is InChI=1S/C19H23N3O3/c1-5-16-21-14-9-7-6-8-13(14)18(22-16)19(25-4)11-12(23-2)10-15(24-3)17(19)20/h6-11,17H,5,20H2,1-4H3. The third kappa shape index (κ3) is 2.77. The van der Waals surface area contributed by atoms with Crippen molar-refractivity contribution in [2.24, 2.45) is 5.73 Å². The number of aryl methyl sites for hydroxylation is 1. The molecule has 3 rings (SSSR count). The third-order valence-corrected chi connectivity index (χ3v) is 4.55. The van der Waals surface area contributed by atoms with Crippen LogP contribution < -0.4 is 5.73 Å². The minimum absolute atomic E-state index is 0.565. The molecular weight excluding hydrogens is 318 g/mol. The van der Waals surface area contributed by atoms with Crippen molar-refractivity contribution < 1.29 is 14.2 Å². The highest BCUT2D eigenvalue weighted by Gasteiger charge is 2.45. The highest BCUT2D eigenvalue weighted by molar-refractivity contribution is 5.82. The molecule has 0 amide bonds. The van der Waals surface area contributed by atoms with E-state index in [9.17, 15) is 0 Å². The minimum Gasteiger partial charge on any atom is -0.499 e. The van der Waals surface area contributed by atoms with Crippen molar-refractivity contribution in [1.29, 1.82) is 0 Å². The van der Waals surface area contributed by atoms with Gasteiger partial charge in [-0.05, 0) is 12.1 Å². The molecule has 1 heterocycles. The molecule has 2 unspecified atom stereocenters. The van der Waals surface area contributed by atoms with Crippen molar-refractivity contribution in [2.45, 2.75) is 25.0 Å². The Kier molecular flexibility index (Phi) is 4.74. The van der Waals surface area contributed by atoms with Crippen LogP contribution in [0.1, 0.15) is 18.4 Å². The molecule has 0 spiro atoms. The molecule has 1 aromatic carbocycles. The summed E-state index contributed by atoms with van der Waals surface area (Å²) in [6.07, 6.45) is 4.33. The zero-order valence-electron chi connectivity index (χ0n) is 14.9. The summed E-state index contributed by atoms with van der Waals surface area (Å²) < 4.78 is 16.9. The van der Waals surface area contributed by atoms with E-state index in [1.165, 1.54) is 0 Å². The number of aromatic nitrogens is 2. The first-order valence-electron chi connectivity index (χ1n) is 8.18. The van der Waals surface area contributed by atoms with Gasteiger partial charge >= 0.3 is 0 Å². The van der Waals surface area contributed by atoms with E-state index in [1.807, 2.05) is 37.3 Å². The summed E-state index contributed by atoms with van der Waals surface area (Å²) >= 11 is 0. The number of fused-ring (bicyclic) bond motifs is 1. The first-order valence-corrected chi connectivity index (χ1v) is 8.18. The van der Waals surface area contributed by atoms with Gasteiger partial charge < -0.3 is 19.9 Å². The summed E-state index contributed by atoms with van der Waals surface area (Å²) in [5, 5.41) is 0.890. The fourth-order valence-electron chi connectivity index (χ4n) is 3.17. The van der Waals surface area contributed by atoms with E-state index in [0.717, 1.165) is 16.7 Å². The Morgan fingerprint density at radius 2 is 1.88 bits per heavy atom. The zero-order chi connectivity index (χ0) is 18.0. The molecule has 0 saturated heterocycles. The molecule has 6 nitrogen and oxygen atoms in total. The highest BCUT2D eigenvalue weighted by Crippen LogP contribution is 2.39. The predicted octanol–water partition coefficient (Wildman–Crippen LogP) is 2.44. The van der Waals surface area contributed by atoms with Gasteiger partial charge in [0.15, 0.2) is 5.60 Å². The predicted molar refractivity (Wildman–Crippen MR) is 95.8 cm³/mol. The Morgan fingerprint density at radius 3 is 2.52 bits per heavy atom. The molecule has 6 heteroatoms. The lowest BCUT2D eigenvalue weighted by Crippen LogP contribution is -2.49. The Bertz CT molecular complexity index is 847. The first-order chi connectivity index (χ1) is 12.1. The summed E-state index contributed by atoms with van der Waals surface area (Å²) in [5.41, 5.74) is 7.08. The number of hydrogen-bond donors (Lipinski definition) is 1. The van der Waals surface area contributed by atoms with Crippen molar-refractivity contribution in [3.8, 4) is 0 Å². The monoisotopic (exact) mass is 341 g/mol. The Morgan fingerprint density at radius 1 is 1.12 bits per heavy atom.